The van der Waals surface area contributed by atoms with Crippen LogP contribution < -0.4 is 9.47 Å². The zero-order valence-electron chi connectivity index (χ0n) is 19.2. The molecule has 1 atom stereocenters. The van der Waals surface area contributed by atoms with E-state index in [1.165, 1.54) is 24.3 Å². The average molecular weight is 453 g/mol. The molecular formula is C26H29FN2O4. The number of methoxy groups -OCH3 is 1. The van der Waals surface area contributed by atoms with Crippen LogP contribution in [0.4, 0.5) is 4.39 Å². The first kappa shape index (κ1) is 22.8. The lowest BCUT2D eigenvalue weighted by molar-refractivity contribution is -0.146. The number of para-hydroxylation sites is 1. The molecule has 0 unspecified atom stereocenters. The number of likely N-dealkylation sites (tertiary alicyclic amines) is 1. The van der Waals surface area contributed by atoms with Gasteiger partial charge in [-0.15, -0.1) is 0 Å². The highest BCUT2D eigenvalue weighted by molar-refractivity contribution is 5.85. The summed E-state index contributed by atoms with van der Waals surface area (Å²) in [6, 6.07) is 13.5. The normalized spacial score (nSPS) is 16.5. The van der Waals surface area contributed by atoms with Crippen molar-refractivity contribution >= 4 is 5.91 Å². The molecule has 2 aromatic carbocycles. The minimum atomic E-state index is -1.08. The summed E-state index contributed by atoms with van der Waals surface area (Å²) in [7, 11) is 1.65. The number of halogens is 1. The number of amides is 1. The standard InChI is InChI=1S/C26H29FN2O4/c1-26(2,33-21-12-10-20(27)11-13-21)25(30)29-14-6-8-19(17-29)24-28-16-22(32-24)15-18-7-4-5-9-23(18)31-3/h4-5,7,9-13,16,19H,6,8,14-15,17H2,1-3H3/t19-/m1/s1. The van der Waals surface area contributed by atoms with Crippen LogP contribution in [0.3, 0.4) is 0 Å². The maximum Gasteiger partial charge on any atom is 0.266 e. The zero-order chi connectivity index (χ0) is 23.4. The Morgan fingerprint density at radius 2 is 1.97 bits per heavy atom. The van der Waals surface area contributed by atoms with E-state index in [1.54, 1.807) is 27.2 Å². The first-order valence-electron chi connectivity index (χ1n) is 11.2. The Hall–Kier alpha value is -3.35. The van der Waals surface area contributed by atoms with Crippen LogP contribution in [-0.4, -0.2) is 41.6 Å². The third-order valence-corrected chi connectivity index (χ3v) is 5.89. The molecule has 0 spiro atoms. The Labute approximate surface area is 193 Å². The fraction of sp³-hybridized carbons (Fsp3) is 0.385. The summed E-state index contributed by atoms with van der Waals surface area (Å²) in [5, 5.41) is 0. The molecule has 1 fully saturated rings. The van der Waals surface area contributed by atoms with Crippen molar-refractivity contribution in [2.24, 2.45) is 0 Å². The second-order valence-corrected chi connectivity index (χ2v) is 8.81. The second kappa shape index (κ2) is 9.65. The summed E-state index contributed by atoms with van der Waals surface area (Å²) in [5.74, 6) is 2.24. The van der Waals surface area contributed by atoms with Crippen LogP contribution in [-0.2, 0) is 11.2 Å². The molecule has 6 nitrogen and oxygen atoms in total. The third-order valence-electron chi connectivity index (χ3n) is 5.89. The molecule has 0 bridgehead atoms. The summed E-state index contributed by atoms with van der Waals surface area (Å²) in [6.07, 6.45) is 4.10. The highest BCUT2D eigenvalue weighted by Crippen LogP contribution is 2.30. The molecule has 1 aliphatic rings. The fourth-order valence-electron chi connectivity index (χ4n) is 4.21. The molecule has 1 aromatic heterocycles. The molecular weight excluding hydrogens is 423 g/mol. The Kier molecular flexibility index (Phi) is 6.67. The number of aromatic nitrogens is 1. The number of ether oxygens (including phenoxy) is 2. The number of hydrogen-bond acceptors (Lipinski definition) is 5. The monoisotopic (exact) mass is 452 g/mol. The van der Waals surface area contributed by atoms with Gasteiger partial charge in [-0.2, -0.15) is 0 Å². The Balaban J connectivity index is 1.42. The third kappa shape index (κ3) is 5.35. The number of carbonyl (C=O) groups is 1. The average Bonchev–Trinajstić information content (AvgIpc) is 3.29. The van der Waals surface area contributed by atoms with Gasteiger partial charge in [0, 0.05) is 25.1 Å². The van der Waals surface area contributed by atoms with E-state index in [2.05, 4.69) is 4.98 Å². The molecule has 1 saturated heterocycles. The van der Waals surface area contributed by atoms with Gasteiger partial charge in [-0.25, -0.2) is 9.37 Å². The number of carbonyl (C=O) groups excluding carboxylic acids is 1. The molecule has 1 amide bonds. The second-order valence-electron chi connectivity index (χ2n) is 8.81. The summed E-state index contributed by atoms with van der Waals surface area (Å²) < 4.78 is 30.6. The number of benzene rings is 2. The highest BCUT2D eigenvalue weighted by atomic mass is 19.1. The molecule has 0 saturated carbocycles. The van der Waals surface area contributed by atoms with Crippen molar-refractivity contribution in [1.82, 2.24) is 9.88 Å². The predicted octanol–water partition coefficient (Wildman–Crippen LogP) is 4.98. The highest BCUT2D eigenvalue weighted by Gasteiger charge is 2.37. The van der Waals surface area contributed by atoms with Crippen molar-refractivity contribution in [3.8, 4) is 11.5 Å². The first-order chi connectivity index (χ1) is 15.9. The van der Waals surface area contributed by atoms with Crippen molar-refractivity contribution in [2.45, 2.75) is 44.6 Å². The van der Waals surface area contributed by atoms with Crippen LogP contribution in [0.15, 0.2) is 59.1 Å². The van der Waals surface area contributed by atoms with Crippen LogP contribution in [0.2, 0.25) is 0 Å². The molecule has 2 heterocycles. The number of rotatable bonds is 7. The maximum atomic E-state index is 13.2. The summed E-state index contributed by atoms with van der Waals surface area (Å²) in [6.45, 7) is 4.64. The smallest absolute Gasteiger partial charge is 0.266 e. The molecule has 174 valence electrons. The summed E-state index contributed by atoms with van der Waals surface area (Å²) in [5.41, 5.74) is -0.0476. The Morgan fingerprint density at radius 1 is 1.21 bits per heavy atom. The van der Waals surface area contributed by atoms with E-state index < -0.39 is 5.60 Å². The molecule has 0 N–H and O–H groups in total. The van der Waals surface area contributed by atoms with Crippen LogP contribution in [0.25, 0.3) is 0 Å². The number of hydrogen-bond donors (Lipinski definition) is 0. The lowest BCUT2D eigenvalue weighted by Gasteiger charge is -2.36. The van der Waals surface area contributed by atoms with E-state index >= 15 is 0 Å². The zero-order valence-corrected chi connectivity index (χ0v) is 19.2. The van der Waals surface area contributed by atoms with E-state index in [9.17, 15) is 9.18 Å². The fourth-order valence-corrected chi connectivity index (χ4v) is 4.21. The lowest BCUT2D eigenvalue weighted by atomic mass is 9.96. The summed E-state index contributed by atoms with van der Waals surface area (Å²) >= 11 is 0. The minimum absolute atomic E-state index is 0.0238. The quantitative estimate of drug-likeness (QED) is 0.506. The molecule has 0 radical (unpaired) electrons. The van der Waals surface area contributed by atoms with Crippen molar-refractivity contribution < 1.29 is 23.1 Å². The first-order valence-corrected chi connectivity index (χ1v) is 11.2. The van der Waals surface area contributed by atoms with Crippen LogP contribution in [0.5, 0.6) is 11.5 Å². The van der Waals surface area contributed by atoms with Gasteiger partial charge in [0.05, 0.1) is 19.2 Å². The van der Waals surface area contributed by atoms with Gasteiger partial charge in [0.2, 0.25) is 0 Å². The molecule has 33 heavy (non-hydrogen) atoms. The van der Waals surface area contributed by atoms with E-state index in [1.807, 2.05) is 29.2 Å². The van der Waals surface area contributed by atoms with Gasteiger partial charge in [0.25, 0.3) is 5.91 Å². The molecule has 0 aliphatic carbocycles. The van der Waals surface area contributed by atoms with Gasteiger partial charge < -0.3 is 18.8 Å². The maximum absolute atomic E-state index is 13.2. The van der Waals surface area contributed by atoms with Crippen LogP contribution >= 0.6 is 0 Å². The van der Waals surface area contributed by atoms with Gasteiger partial charge in [0.1, 0.15) is 23.1 Å². The van der Waals surface area contributed by atoms with Gasteiger partial charge >= 0.3 is 0 Å². The topological polar surface area (TPSA) is 64.8 Å². The number of nitrogens with zero attached hydrogens (tertiary/aromatic N) is 2. The largest absolute Gasteiger partial charge is 0.496 e. The molecule has 7 heteroatoms. The summed E-state index contributed by atoms with van der Waals surface area (Å²) in [4.78, 5) is 19.6. The van der Waals surface area contributed by atoms with E-state index in [-0.39, 0.29) is 17.6 Å². The SMILES string of the molecule is COc1ccccc1Cc1cnc([C@@H]2CCCN(C(=O)C(C)(C)Oc3ccc(F)cc3)C2)o1. The van der Waals surface area contributed by atoms with Crippen molar-refractivity contribution in [1.29, 1.82) is 0 Å². The van der Waals surface area contributed by atoms with Crippen LogP contribution in [0.1, 0.15) is 49.8 Å². The van der Waals surface area contributed by atoms with Gasteiger partial charge in [-0.3, -0.25) is 4.79 Å². The van der Waals surface area contributed by atoms with Crippen molar-refractivity contribution in [3.63, 3.8) is 0 Å². The molecule has 3 aromatic rings. The number of piperidine rings is 1. The Bertz CT molecular complexity index is 1090. The predicted molar refractivity (Wildman–Crippen MR) is 122 cm³/mol. The van der Waals surface area contributed by atoms with E-state index in [4.69, 9.17) is 13.9 Å². The molecule has 4 rings (SSSR count). The van der Waals surface area contributed by atoms with E-state index in [0.717, 1.165) is 29.9 Å². The van der Waals surface area contributed by atoms with Crippen molar-refractivity contribution in [2.75, 3.05) is 20.2 Å². The van der Waals surface area contributed by atoms with Gasteiger partial charge in [-0.1, -0.05) is 18.2 Å². The van der Waals surface area contributed by atoms with E-state index in [0.29, 0.717) is 31.2 Å². The van der Waals surface area contributed by atoms with Crippen molar-refractivity contribution in [3.05, 3.63) is 77.8 Å². The Morgan fingerprint density at radius 3 is 2.73 bits per heavy atom. The number of oxazole rings is 1. The van der Waals surface area contributed by atoms with Gasteiger partial charge in [0.15, 0.2) is 11.5 Å². The van der Waals surface area contributed by atoms with Crippen LogP contribution in [0, 0.1) is 5.82 Å². The molecule has 1 aliphatic heterocycles. The lowest BCUT2D eigenvalue weighted by Crippen LogP contribution is -2.51. The minimum Gasteiger partial charge on any atom is -0.496 e. The van der Waals surface area contributed by atoms with Gasteiger partial charge in [-0.05, 0) is 57.0 Å².